The van der Waals surface area contributed by atoms with Crippen molar-refractivity contribution in [3.05, 3.63) is 58.1 Å². The molecule has 22 heavy (non-hydrogen) atoms. The SMILES string of the molecule is Cc1cnc(Cl)nc1Cc1cccc(CS(=O)C(C)(C)C)c1. The molecular formula is C17H21ClN2OS. The summed E-state index contributed by atoms with van der Waals surface area (Å²) in [7, 11) is -0.898. The van der Waals surface area contributed by atoms with E-state index in [4.69, 9.17) is 11.6 Å². The van der Waals surface area contributed by atoms with Gasteiger partial charge in [-0.05, 0) is 56.0 Å². The molecule has 0 aliphatic carbocycles. The summed E-state index contributed by atoms with van der Waals surface area (Å²) in [5, 5.41) is 0.269. The fourth-order valence-corrected chi connectivity index (χ4v) is 3.09. The van der Waals surface area contributed by atoms with E-state index in [-0.39, 0.29) is 10.0 Å². The standard InChI is InChI=1S/C17H21ClN2OS/c1-12-10-19-16(18)20-15(12)9-13-6-5-7-14(8-13)11-22(21)17(2,3)4/h5-8,10H,9,11H2,1-4H3. The molecule has 0 radical (unpaired) electrons. The summed E-state index contributed by atoms with van der Waals surface area (Å²) in [6.45, 7) is 7.97. The van der Waals surface area contributed by atoms with Crippen molar-refractivity contribution in [3.8, 4) is 0 Å². The van der Waals surface area contributed by atoms with Crippen molar-refractivity contribution in [1.29, 1.82) is 0 Å². The molecule has 1 unspecified atom stereocenters. The van der Waals surface area contributed by atoms with Gasteiger partial charge in [0.2, 0.25) is 5.28 Å². The summed E-state index contributed by atoms with van der Waals surface area (Å²) in [5.74, 6) is 0.570. The van der Waals surface area contributed by atoms with Gasteiger partial charge in [0.25, 0.3) is 0 Å². The molecule has 5 heteroatoms. The van der Waals surface area contributed by atoms with Gasteiger partial charge in [0.05, 0.1) is 5.69 Å². The van der Waals surface area contributed by atoms with Gasteiger partial charge in [-0.2, -0.15) is 0 Å². The third-order valence-corrected chi connectivity index (χ3v) is 5.53. The van der Waals surface area contributed by atoms with Crippen molar-refractivity contribution >= 4 is 22.4 Å². The molecule has 1 atom stereocenters. The number of benzene rings is 1. The first-order valence-electron chi connectivity index (χ1n) is 7.20. The summed E-state index contributed by atoms with van der Waals surface area (Å²) in [6.07, 6.45) is 2.44. The Morgan fingerprint density at radius 2 is 1.91 bits per heavy atom. The fraction of sp³-hybridized carbons (Fsp3) is 0.412. The molecule has 2 rings (SSSR count). The Balaban J connectivity index is 2.18. The fourth-order valence-electron chi connectivity index (χ4n) is 2.02. The zero-order chi connectivity index (χ0) is 16.3. The number of hydrogen-bond donors (Lipinski definition) is 0. The van der Waals surface area contributed by atoms with Crippen molar-refractivity contribution in [2.24, 2.45) is 0 Å². The van der Waals surface area contributed by atoms with E-state index < -0.39 is 10.8 Å². The minimum absolute atomic E-state index is 0.202. The van der Waals surface area contributed by atoms with Gasteiger partial charge in [-0.3, -0.25) is 4.21 Å². The smallest absolute Gasteiger partial charge is 0.222 e. The Morgan fingerprint density at radius 3 is 2.59 bits per heavy atom. The number of rotatable bonds is 4. The lowest BCUT2D eigenvalue weighted by atomic mass is 10.0. The highest BCUT2D eigenvalue weighted by atomic mass is 35.5. The molecule has 1 aromatic heterocycles. The Hall–Kier alpha value is -1.26. The highest BCUT2D eigenvalue weighted by Crippen LogP contribution is 2.19. The third-order valence-electron chi connectivity index (χ3n) is 3.39. The van der Waals surface area contributed by atoms with Crippen LogP contribution in [0, 0.1) is 6.92 Å². The minimum Gasteiger partial charge on any atom is -0.259 e. The summed E-state index contributed by atoms with van der Waals surface area (Å²) >= 11 is 5.87. The number of nitrogens with zero attached hydrogens (tertiary/aromatic N) is 2. The van der Waals surface area contributed by atoms with Crippen LogP contribution in [-0.2, 0) is 23.0 Å². The van der Waals surface area contributed by atoms with Crippen LogP contribution in [-0.4, -0.2) is 18.9 Å². The second kappa shape index (κ2) is 6.88. The van der Waals surface area contributed by atoms with Gasteiger partial charge in [0.15, 0.2) is 0 Å². The molecular weight excluding hydrogens is 316 g/mol. The maximum Gasteiger partial charge on any atom is 0.222 e. The molecule has 0 bridgehead atoms. The van der Waals surface area contributed by atoms with Crippen molar-refractivity contribution in [2.45, 2.75) is 44.6 Å². The second-order valence-electron chi connectivity index (χ2n) is 6.37. The van der Waals surface area contributed by atoms with Crippen LogP contribution in [0.1, 0.15) is 43.2 Å². The molecule has 1 aromatic carbocycles. The number of aryl methyl sites for hydroxylation is 1. The lowest BCUT2D eigenvalue weighted by molar-refractivity contribution is 0.648. The molecule has 0 saturated carbocycles. The van der Waals surface area contributed by atoms with Crippen LogP contribution in [0.25, 0.3) is 0 Å². The van der Waals surface area contributed by atoms with Gasteiger partial charge in [0.1, 0.15) is 0 Å². The lowest BCUT2D eigenvalue weighted by Gasteiger charge is -2.18. The van der Waals surface area contributed by atoms with Crippen LogP contribution in [0.5, 0.6) is 0 Å². The average molecular weight is 337 g/mol. The first kappa shape index (κ1) is 17.1. The molecule has 1 heterocycles. The van der Waals surface area contributed by atoms with Crippen LogP contribution in [0.3, 0.4) is 0 Å². The van der Waals surface area contributed by atoms with Crippen molar-refractivity contribution in [3.63, 3.8) is 0 Å². The summed E-state index contributed by atoms with van der Waals surface area (Å²) in [5.41, 5.74) is 4.17. The quantitative estimate of drug-likeness (QED) is 0.790. The van der Waals surface area contributed by atoms with E-state index in [1.54, 1.807) is 6.20 Å². The number of halogens is 1. The molecule has 3 nitrogen and oxygen atoms in total. The first-order valence-corrected chi connectivity index (χ1v) is 8.90. The average Bonchev–Trinajstić information content (AvgIpc) is 2.42. The number of aromatic nitrogens is 2. The largest absolute Gasteiger partial charge is 0.259 e. The van der Waals surface area contributed by atoms with Gasteiger partial charge in [-0.1, -0.05) is 24.3 Å². The van der Waals surface area contributed by atoms with Crippen molar-refractivity contribution in [2.75, 3.05) is 0 Å². The van der Waals surface area contributed by atoms with E-state index in [9.17, 15) is 4.21 Å². The predicted octanol–water partition coefficient (Wildman–Crippen LogP) is 4.08. The maximum atomic E-state index is 12.3. The summed E-state index contributed by atoms with van der Waals surface area (Å²) in [4.78, 5) is 8.27. The van der Waals surface area contributed by atoms with Crippen LogP contribution < -0.4 is 0 Å². The van der Waals surface area contributed by atoms with Gasteiger partial charge in [-0.15, -0.1) is 0 Å². The lowest BCUT2D eigenvalue weighted by Crippen LogP contribution is -2.22. The minimum atomic E-state index is -0.898. The van der Waals surface area contributed by atoms with Crippen LogP contribution >= 0.6 is 11.6 Å². The van der Waals surface area contributed by atoms with Gasteiger partial charge >= 0.3 is 0 Å². The maximum absolute atomic E-state index is 12.3. The van der Waals surface area contributed by atoms with Crippen LogP contribution in [0.4, 0.5) is 0 Å². The first-order chi connectivity index (χ1) is 10.3. The molecule has 0 spiro atoms. The topological polar surface area (TPSA) is 42.9 Å². The highest BCUT2D eigenvalue weighted by Gasteiger charge is 2.19. The monoisotopic (exact) mass is 336 g/mol. The van der Waals surface area contributed by atoms with E-state index in [1.165, 1.54) is 0 Å². The molecule has 0 N–H and O–H groups in total. The summed E-state index contributed by atoms with van der Waals surface area (Å²) in [6, 6.07) is 8.17. The second-order valence-corrected chi connectivity index (χ2v) is 8.91. The van der Waals surface area contributed by atoms with E-state index in [0.717, 1.165) is 22.4 Å². The summed E-state index contributed by atoms with van der Waals surface area (Å²) < 4.78 is 12.1. The van der Waals surface area contributed by atoms with Gasteiger partial charge in [-0.25, -0.2) is 9.97 Å². The molecule has 0 saturated heterocycles. The molecule has 0 aliphatic heterocycles. The van der Waals surface area contributed by atoms with Crippen LogP contribution in [0.15, 0.2) is 30.5 Å². The Kier molecular flexibility index (Phi) is 5.35. The highest BCUT2D eigenvalue weighted by molar-refractivity contribution is 7.85. The zero-order valence-electron chi connectivity index (χ0n) is 13.4. The molecule has 0 aliphatic rings. The Labute approximate surface area is 139 Å². The van der Waals surface area contributed by atoms with E-state index in [1.807, 2.05) is 39.8 Å². The van der Waals surface area contributed by atoms with Crippen molar-refractivity contribution in [1.82, 2.24) is 9.97 Å². The third kappa shape index (κ3) is 4.62. The molecule has 118 valence electrons. The van der Waals surface area contributed by atoms with E-state index in [2.05, 4.69) is 22.1 Å². The number of hydrogen-bond acceptors (Lipinski definition) is 3. The molecule has 2 aromatic rings. The van der Waals surface area contributed by atoms with Crippen molar-refractivity contribution < 1.29 is 4.21 Å². The Morgan fingerprint density at radius 1 is 1.23 bits per heavy atom. The van der Waals surface area contributed by atoms with Gasteiger partial charge in [0, 0.05) is 33.9 Å². The van der Waals surface area contributed by atoms with E-state index >= 15 is 0 Å². The Bertz CT molecular complexity index is 695. The normalized spacial score (nSPS) is 13.1. The van der Waals surface area contributed by atoms with Crippen LogP contribution in [0.2, 0.25) is 5.28 Å². The van der Waals surface area contributed by atoms with E-state index in [0.29, 0.717) is 12.2 Å². The molecule has 0 fully saturated rings. The van der Waals surface area contributed by atoms with Gasteiger partial charge < -0.3 is 0 Å². The zero-order valence-corrected chi connectivity index (χ0v) is 15.0. The molecule has 0 amide bonds. The predicted molar refractivity (Wildman–Crippen MR) is 92.6 cm³/mol.